The van der Waals surface area contributed by atoms with Gasteiger partial charge in [0, 0.05) is 12.1 Å². The van der Waals surface area contributed by atoms with Gasteiger partial charge in [0.2, 0.25) is 0 Å². The van der Waals surface area contributed by atoms with Gasteiger partial charge in [0.15, 0.2) is 0 Å². The number of ether oxygens (including phenoxy) is 1. The van der Waals surface area contributed by atoms with Gasteiger partial charge in [0.25, 0.3) is 5.91 Å². The summed E-state index contributed by atoms with van der Waals surface area (Å²) in [6.45, 7) is 2.94. The van der Waals surface area contributed by atoms with Gasteiger partial charge >= 0.3 is 0 Å². The summed E-state index contributed by atoms with van der Waals surface area (Å²) >= 11 is 0. The molecule has 20 heavy (non-hydrogen) atoms. The molecular weight excluding hydrogens is 254 g/mol. The minimum Gasteiger partial charge on any atom is -0.508 e. The van der Waals surface area contributed by atoms with E-state index in [4.69, 9.17) is 4.74 Å². The molecule has 0 radical (unpaired) electrons. The second-order valence-corrected chi connectivity index (χ2v) is 4.31. The highest BCUT2D eigenvalue weighted by molar-refractivity contribution is 5.94. The van der Waals surface area contributed by atoms with Gasteiger partial charge in [-0.1, -0.05) is 12.1 Å². The largest absolute Gasteiger partial charge is 0.508 e. The van der Waals surface area contributed by atoms with Crippen LogP contribution in [0.3, 0.4) is 0 Å². The zero-order valence-corrected chi connectivity index (χ0v) is 11.3. The molecule has 0 fully saturated rings. The Morgan fingerprint density at radius 3 is 2.35 bits per heavy atom. The van der Waals surface area contributed by atoms with Crippen molar-refractivity contribution >= 4 is 5.91 Å². The minimum absolute atomic E-state index is 0.138. The minimum atomic E-state index is -0.138. The highest BCUT2D eigenvalue weighted by Gasteiger charge is 2.05. The van der Waals surface area contributed by atoms with Crippen molar-refractivity contribution in [3.05, 3.63) is 59.7 Å². The normalized spacial score (nSPS) is 10.1. The Labute approximate surface area is 118 Å². The summed E-state index contributed by atoms with van der Waals surface area (Å²) in [5.41, 5.74) is 1.52. The van der Waals surface area contributed by atoms with Crippen LogP contribution in [0.5, 0.6) is 11.5 Å². The summed E-state index contributed by atoms with van der Waals surface area (Å²) in [4.78, 5) is 12.0. The van der Waals surface area contributed by atoms with Crippen LogP contribution < -0.4 is 10.1 Å². The van der Waals surface area contributed by atoms with Gasteiger partial charge in [0.05, 0.1) is 6.61 Å². The molecule has 0 saturated heterocycles. The first kappa shape index (κ1) is 13.9. The predicted molar refractivity (Wildman–Crippen MR) is 76.9 cm³/mol. The van der Waals surface area contributed by atoms with Gasteiger partial charge in [-0.25, -0.2) is 0 Å². The predicted octanol–water partition coefficient (Wildman–Crippen LogP) is 2.72. The van der Waals surface area contributed by atoms with Crippen LogP contribution in [-0.4, -0.2) is 17.6 Å². The average Bonchev–Trinajstić information content (AvgIpc) is 2.47. The van der Waals surface area contributed by atoms with Gasteiger partial charge in [-0.3, -0.25) is 4.79 Å². The van der Waals surface area contributed by atoms with E-state index in [1.807, 2.05) is 6.92 Å². The molecule has 0 spiro atoms. The van der Waals surface area contributed by atoms with E-state index in [9.17, 15) is 9.90 Å². The van der Waals surface area contributed by atoms with Crippen molar-refractivity contribution in [2.75, 3.05) is 6.61 Å². The van der Waals surface area contributed by atoms with Crippen molar-refractivity contribution in [3.63, 3.8) is 0 Å². The summed E-state index contributed by atoms with van der Waals surface area (Å²) in [7, 11) is 0. The van der Waals surface area contributed by atoms with E-state index in [1.54, 1.807) is 48.5 Å². The fraction of sp³-hybridized carbons (Fsp3) is 0.188. The van der Waals surface area contributed by atoms with E-state index < -0.39 is 0 Å². The fourth-order valence-electron chi connectivity index (χ4n) is 1.77. The Balaban J connectivity index is 1.92. The third-order valence-electron chi connectivity index (χ3n) is 2.82. The number of aromatic hydroxyl groups is 1. The first-order valence-corrected chi connectivity index (χ1v) is 6.48. The lowest BCUT2D eigenvalue weighted by molar-refractivity contribution is 0.0951. The molecule has 0 bridgehead atoms. The maximum absolute atomic E-state index is 12.0. The SMILES string of the molecule is CCOc1ccc(C(=O)NCc2ccc(O)cc2)cc1. The Hall–Kier alpha value is -2.49. The van der Waals surface area contributed by atoms with Crippen molar-refractivity contribution in [2.24, 2.45) is 0 Å². The molecule has 104 valence electrons. The van der Waals surface area contributed by atoms with Crippen LogP contribution in [0.15, 0.2) is 48.5 Å². The van der Waals surface area contributed by atoms with E-state index in [0.29, 0.717) is 18.7 Å². The lowest BCUT2D eigenvalue weighted by atomic mass is 10.2. The summed E-state index contributed by atoms with van der Waals surface area (Å²) in [6.07, 6.45) is 0. The van der Waals surface area contributed by atoms with Crippen LogP contribution in [-0.2, 0) is 6.54 Å². The van der Waals surface area contributed by atoms with Crippen LogP contribution in [0, 0.1) is 0 Å². The van der Waals surface area contributed by atoms with Gasteiger partial charge in [0.1, 0.15) is 11.5 Å². The summed E-state index contributed by atoms with van der Waals surface area (Å²) in [5, 5.41) is 12.0. The van der Waals surface area contributed by atoms with Crippen molar-refractivity contribution in [3.8, 4) is 11.5 Å². The Morgan fingerprint density at radius 1 is 1.10 bits per heavy atom. The molecule has 4 heteroatoms. The number of phenols is 1. The summed E-state index contributed by atoms with van der Waals surface area (Å²) in [6, 6.07) is 13.8. The lowest BCUT2D eigenvalue weighted by Crippen LogP contribution is -2.22. The highest BCUT2D eigenvalue weighted by atomic mass is 16.5. The topological polar surface area (TPSA) is 58.6 Å². The van der Waals surface area contributed by atoms with Crippen molar-refractivity contribution in [1.82, 2.24) is 5.32 Å². The molecule has 2 aromatic rings. The fourth-order valence-corrected chi connectivity index (χ4v) is 1.77. The van der Waals surface area contributed by atoms with E-state index in [2.05, 4.69) is 5.32 Å². The number of amides is 1. The lowest BCUT2D eigenvalue weighted by Gasteiger charge is -2.07. The maximum Gasteiger partial charge on any atom is 0.251 e. The molecule has 0 aliphatic heterocycles. The Bertz CT molecular complexity index is 561. The van der Waals surface area contributed by atoms with Crippen LogP contribution >= 0.6 is 0 Å². The number of phenolic OH excluding ortho intramolecular Hbond substituents is 1. The first-order chi connectivity index (χ1) is 9.69. The van der Waals surface area contributed by atoms with Gasteiger partial charge < -0.3 is 15.2 Å². The van der Waals surface area contributed by atoms with Gasteiger partial charge in [-0.2, -0.15) is 0 Å². The molecule has 0 aliphatic rings. The molecule has 0 atom stereocenters. The van der Waals surface area contributed by atoms with E-state index in [1.165, 1.54) is 0 Å². The number of benzene rings is 2. The number of hydrogen-bond acceptors (Lipinski definition) is 3. The Morgan fingerprint density at radius 2 is 1.75 bits per heavy atom. The number of nitrogens with one attached hydrogen (secondary N) is 1. The molecule has 0 unspecified atom stereocenters. The number of rotatable bonds is 5. The van der Waals surface area contributed by atoms with Crippen molar-refractivity contribution < 1.29 is 14.6 Å². The molecule has 2 aromatic carbocycles. The van der Waals surface area contributed by atoms with Crippen LogP contribution in [0.2, 0.25) is 0 Å². The quantitative estimate of drug-likeness (QED) is 0.879. The number of carbonyl (C=O) groups is 1. The molecule has 0 aliphatic carbocycles. The average molecular weight is 271 g/mol. The third-order valence-corrected chi connectivity index (χ3v) is 2.82. The van der Waals surface area contributed by atoms with Crippen LogP contribution in [0.4, 0.5) is 0 Å². The van der Waals surface area contributed by atoms with Gasteiger partial charge in [-0.05, 0) is 48.9 Å². The van der Waals surface area contributed by atoms with Crippen LogP contribution in [0.1, 0.15) is 22.8 Å². The standard InChI is InChI=1S/C16H17NO3/c1-2-20-15-9-5-13(6-10-15)16(19)17-11-12-3-7-14(18)8-4-12/h3-10,18H,2,11H2,1H3,(H,17,19). The summed E-state index contributed by atoms with van der Waals surface area (Å²) < 4.78 is 5.33. The van der Waals surface area contributed by atoms with E-state index in [-0.39, 0.29) is 11.7 Å². The van der Waals surface area contributed by atoms with Gasteiger partial charge in [-0.15, -0.1) is 0 Å². The molecule has 0 saturated carbocycles. The third kappa shape index (κ3) is 3.75. The first-order valence-electron chi connectivity index (χ1n) is 6.48. The molecule has 2 rings (SSSR count). The van der Waals surface area contributed by atoms with E-state index >= 15 is 0 Å². The Kier molecular flexibility index (Phi) is 4.60. The summed E-state index contributed by atoms with van der Waals surface area (Å²) in [5.74, 6) is 0.829. The van der Waals surface area contributed by atoms with Crippen molar-refractivity contribution in [2.45, 2.75) is 13.5 Å². The highest BCUT2D eigenvalue weighted by Crippen LogP contribution is 2.13. The van der Waals surface area contributed by atoms with Crippen LogP contribution in [0.25, 0.3) is 0 Å². The second-order valence-electron chi connectivity index (χ2n) is 4.31. The smallest absolute Gasteiger partial charge is 0.251 e. The zero-order valence-electron chi connectivity index (χ0n) is 11.3. The number of hydrogen-bond donors (Lipinski definition) is 2. The monoisotopic (exact) mass is 271 g/mol. The molecule has 0 heterocycles. The van der Waals surface area contributed by atoms with E-state index in [0.717, 1.165) is 11.3 Å². The molecule has 1 amide bonds. The molecule has 4 nitrogen and oxygen atoms in total. The zero-order chi connectivity index (χ0) is 14.4. The van der Waals surface area contributed by atoms with Crippen molar-refractivity contribution in [1.29, 1.82) is 0 Å². The molecule has 0 aromatic heterocycles. The molecule has 2 N–H and O–H groups in total. The second kappa shape index (κ2) is 6.61. The number of carbonyl (C=O) groups excluding carboxylic acids is 1. The molecular formula is C16H17NO3. The maximum atomic E-state index is 12.0.